The monoisotopic (exact) mass is 577 g/mol. The van der Waals surface area contributed by atoms with Crippen LogP contribution in [0.5, 0.6) is 0 Å². The molecule has 13 heteroatoms. The number of carbonyl (C=O) groups excluding carboxylic acids is 3. The maximum atomic E-state index is 12.7. The van der Waals surface area contributed by atoms with Crippen LogP contribution in [0.25, 0.3) is 11.1 Å². The van der Waals surface area contributed by atoms with E-state index in [0.29, 0.717) is 10.1 Å². The van der Waals surface area contributed by atoms with Gasteiger partial charge in [0.2, 0.25) is 0 Å². The van der Waals surface area contributed by atoms with E-state index in [1.54, 1.807) is 20.8 Å². The Morgan fingerprint density at radius 1 is 1.03 bits per heavy atom. The predicted octanol–water partition coefficient (Wildman–Crippen LogP) is 3.17. The Labute approximate surface area is 231 Å². The second-order valence-corrected chi connectivity index (χ2v) is 12.6. The Hall–Kier alpha value is -3.29. The van der Waals surface area contributed by atoms with Crippen molar-refractivity contribution in [1.82, 2.24) is 14.9 Å². The minimum Gasteiger partial charge on any atom is -0.449 e. The van der Waals surface area contributed by atoms with Crippen LogP contribution >= 0.6 is 11.8 Å². The van der Waals surface area contributed by atoms with Crippen molar-refractivity contribution in [3.05, 3.63) is 59.7 Å². The summed E-state index contributed by atoms with van der Waals surface area (Å²) in [6.07, 6.45) is -1.46. The molecular weight excluding hydrogens is 546 g/mol. The molecular formula is C26H31N3O8S2. The van der Waals surface area contributed by atoms with Crippen LogP contribution in [0.15, 0.2) is 48.5 Å². The number of thioether (sulfide) groups is 1. The molecule has 1 aliphatic heterocycles. The normalized spacial score (nSPS) is 18.6. The first-order valence-electron chi connectivity index (χ1n) is 12.3. The third-order valence-electron chi connectivity index (χ3n) is 6.24. The summed E-state index contributed by atoms with van der Waals surface area (Å²) in [5.41, 5.74) is 3.55. The number of amides is 3. The van der Waals surface area contributed by atoms with Gasteiger partial charge >= 0.3 is 22.5 Å². The lowest BCUT2D eigenvalue weighted by Crippen LogP contribution is -2.72. The molecule has 3 N–H and O–H groups in total. The largest absolute Gasteiger partial charge is 0.449 e. The van der Waals surface area contributed by atoms with E-state index in [-0.39, 0.29) is 24.8 Å². The highest BCUT2D eigenvalue weighted by atomic mass is 32.2. The maximum Gasteiger partial charge on any atom is 0.407 e. The summed E-state index contributed by atoms with van der Waals surface area (Å²) >= 11 is 1.24. The second kappa shape index (κ2) is 11.4. The van der Waals surface area contributed by atoms with Crippen LogP contribution in [-0.2, 0) is 24.6 Å². The zero-order valence-electron chi connectivity index (χ0n) is 21.7. The van der Waals surface area contributed by atoms with Crippen LogP contribution in [0.4, 0.5) is 9.59 Å². The molecule has 2 unspecified atom stereocenters. The number of benzene rings is 2. The molecule has 2 aliphatic rings. The van der Waals surface area contributed by atoms with E-state index >= 15 is 0 Å². The highest BCUT2D eigenvalue weighted by Gasteiger charge is 2.54. The topological polar surface area (TPSA) is 151 Å². The van der Waals surface area contributed by atoms with Gasteiger partial charge in [-0.15, -0.1) is 0 Å². The van der Waals surface area contributed by atoms with Gasteiger partial charge in [0.15, 0.2) is 0 Å². The number of nitrogens with zero attached hydrogens (tertiary/aromatic N) is 1. The van der Waals surface area contributed by atoms with Crippen molar-refractivity contribution < 1.29 is 36.8 Å². The average molecular weight is 578 g/mol. The van der Waals surface area contributed by atoms with Gasteiger partial charge < -0.3 is 20.1 Å². The molecule has 3 amide bonds. The lowest BCUT2D eigenvalue weighted by molar-refractivity contribution is -0.141. The van der Waals surface area contributed by atoms with Gasteiger partial charge in [0, 0.05) is 24.0 Å². The molecule has 1 fully saturated rings. The first-order chi connectivity index (χ1) is 18.4. The molecule has 1 saturated heterocycles. The van der Waals surface area contributed by atoms with Crippen molar-refractivity contribution in [3.63, 3.8) is 0 Å². The van der Waals surface area contributed by atoms with Crippen LogP contribution in [0.1, 0.15) is 37.8 Å². The molecule has 0 spiro atoms. The van der Waals surface area contributed by atoms with Gasteiger partial charge in [-0.2, -0.15) is 20.2 Å². The van der Waals surface area contributed by atoms with E-state index in [1.807, 2.05) is 48.5 Å². The summed E-state index contributed by atoms with van der Waals surface area (Å²) in [5.74, 6) is -0.682. The number of β-lactam (4-membered cyclic amide) rings is 1. The third kappa shape index (κ3) is 6.65. The minimum absolute atomic E-state index is 0.0263. The first-order valence-corrected chi connectivity index (χ1v) is 14.9. The fraction of sp³-hybridized carbons (Fsp3) is 0.423. The van der Waals surface area contributed by atoms with Crippen LogP contribution in [-0.4, -0.2) is 77.7 Å². The molecule has 2 aromatic carbocycles. The highest BCUT2D eigenvalue weighted by molar-refractivity contribution is 7.99. The van der Waals surface area contributed by atoms with Crippen molar-refractivity contribution in [2.24, 2.45) is 0 Å². The number of carbonyl (C=O) groups is 3. The van der Waals surface area contributed by atoms with Gasteiger partial charge in [-0.3, -0.25) is 9.35 Å². The maximum absolute atomic E-state index is 12.7. The quantitative estimate of drug-likeness (QED) is 0.232. The molecule has 4 rings (SSSR count). The second-order valence-electron chi connectivity index (χ2n) is 10.1. The van der Waals surface area contributed by atoms with Crippen molar-refractivity contribution >= 4 is 40.2 Å². The predicted molar refractivity (Wildman–Crippen MR) is 146 cm³/mol. The van der Waals surface area contributed by atoms with E-state index in [1.165, 1.54) is 11.8 Å². The standard InChI is InChI=1S/C26H31N3O8S2/c1-26(2,3)37-24(31)27-12-13-38-15-21-22(23(30)29(21)39(33,34)35)28-25(32)36-14-20-18-10-6-4-8-16(18)17-9-5-7-11-19(17)20/h4-11,20-22H,12-15H2,1-3H3,(H,27,31)(H,28,32)(H,33,34,35). The molecule has 39 heavy (non-hydrogen) atoms. The molecule has 11 nitrogen and oxygen atoms in total. The van der Waals surface area contributed by atoms with E-state index in [0.717, 1.165) is 22.3 Å². The summed E-state index contributed by atoms with van der Waals surface area (Å²) in [5, 5.41) is 5.02. The molecule has 210 valence electrons. The van der Waals surface area contributed by atoms with Gasteiger partial charge in [0.25, 0.3) is 5.91 Å². The Morgan fingerprint density at radius 2 is 1.62 bits per heavy atom. The van der Waals surface area contributed by atoms with Crippen LogP contribution < -0.4 is 10.6 Å². The molecule has 2 aromatic rings. The fourth-order valence-corrected chi connectivity index (χ4v) is 6.61. The molecule has 0 aromatic heterocycles. The van der Waals surface area contributed by atoms with Crippen LogP contribution in [0.2, 0.25) is 0 Å². The zero-order valence-corrected chi connectivity index (χ0v) is 23.4. The van der Waals surface area contributed by atoms with Gasteiger partial charge in [0.1, 0.15) is 18.2 Å². The molecule has 0 bridgehead atoms. The molecule has 0 saturated carbocycles. The SMILES string of the molecule is CC(C)(C)OC(=O)NCCSCC1C(NC(=O)OCC2c3ccccc3-c3ccccc32)C(=O)N1S(=O)(=O)O. The molecule has 1 heterocycles. The number of hydrogen-bond donors (Lipinski definition) is 3. The van der Waals surface area contributed by atoms with Gasteiger partial charge in [0.05, 0.1) is 6.04 Å². The number of ether oxygens (including phenoxy) is 2. The van der Waals surface area contributed by atoms with E-state index in [4.69, 9.17) is 9.47 Å². The van der Waals surface area contributed by atoms with Crippen molar-refractivity contribution in [1.29, 1.82) is 0 Å². The molecule has 0 radical (unpaired) electrons. The first kappa shape index (κ1) is 28.7. The Balaban J connectivity index is 1.32. The Kier molecular flexibility index (Phi) is 8.42. The van der Waals surface area contributed by atoms with Crippen LogP contribution in [0, 0.1) is 0 Å². The molecule has 2 atom stereocenters. The zero-order chi connectivity index (χ0) is 28.4. The average Bonchev–Trinajstić information content (AvgIpc) is 3.17. The molecule has 1 aliphatic carbocycles. The van der Waals surface area contributed by atoms with Gasteiger partial charge in [-0.1, -0.05) is 48.5 Å². The smallest absolute Gasteiger partial charge is 0.407 e. The van der Waals surface area contributed by atoms with Crippen molar-refractivity contribution in [3.8, 4) is 11.1 Å². The summed E-state index contributed by atoms with van der Waals surface area (Å²) in [6.45, 7) is 5.48. The lowest BCUT2D eigenvalue weighted by atomic mass is 9.98. The number of nitrogens with one attached hydrogen (secondary N) is 2. The minimum atomic E-state index is -4.81. The van der Waals surface area contributed by atoms with E-state index in [9.17, 15) is 27.4 Å². The van der Waals surface area contributed by atoms with Crippen molar-refractivity contribution in [2.75, 3.05) is 24.7 Å². The summed E-state index contributed by atoms with van der Waals surface area (Å²) in [6, 6.07) is 13.5. The number of hydrogen-bond acceptors (Lipinski definition) is 8. The summed E-state index contributed by atoms with van der Waals surface area (Å²) in [4.78, 5) is 36.9. The Morgan fingerprint density at radius 3 is 2.18 bits per heavy atom. The van der Waals surface area contributed by atoms with E-state index in [2.05, 4.69) is 10.6 Å². The van der Waals surface area contributed by atoms with Gasteiger partial charge in [-0.25, -0.2) is 13.9 Å². The highest BCUT2D eigenvalue weighted by Crippen LogP contribution is 2.44. The fourth-order valence-electron chi connectivity index (χ4n) is 4.64. The summed E-state index contributed by atoms with van der Waals surface area (Å²) < 4.78 is 43.9. The third-order valence-corrected chi connectivity index (χ3v) is 8.26. The number of rotatable bonds is 9. The lowest BCUT2D eigenvalue weighted by Gasteiger charge is -2.43. The van der Waals surface area contributed by atoms with E-state index < -0.39 is 46.1 Å². The van der Waals surface area contributed by atoms with Gasteiger partial charge in [-0.05, 0) is 43.0 Å². The van der Waals surface area contributed by atoms with Crippen molar-refractivity contribution in [2.45, 2.75) is 44.4 Å². The Bertz CT molecular complexity index is 1310. The van der Waals surface area contributed by atoms with Crippen LogP contribution in [0.3, 0.4) is 0 Å². The number of alkyl carbamates (subject to hydrolysis) is 2. The number of fused-ring (bicyclic) bond motifs is 3. The summed E-state index contributed by atoms with van der Waals surface area (Å²) in [7, 11) is -4.81.